The van der Waals surface area contributed by atoms with Crippen molar-refractivity contribution >= 4 is 34.4 Å². The van der Waals surface area contributed by atoms with Crippen molar-refractivity contribution in [2.24, 2.45) is 0 Å². The molecule has 0 aliphatic carbocycles. The Labute approximate surface area is 198 Å². The summed E-state index contributed by atoms with van der Waals surface area (Å²) in [7, 11) is 0. The highest BCUT2D eigenvalue weighted by molar-refractivity contribution is 7.11. The Balaban J connectivity index is 1.44. The maximum Gasteiger partial charge on any atom is 0.282 e. The molecule has 2 aliphatic rings. The summed E-state index contributed by atoms with van der Waals surface area (Å²) in [5, 5.41) is 1.95. The molecular formula is C27H27N3O2S. The molecule has 0 bridgehead atoms. The molecule has 3 heterocycles. The van der Waals surface area contributed by atoms with Crippen molar-refractivity contribution in [1.82, 2.24) is 9.80 Å². The van der Waals surface area contributed by atoms with Crippen LogP contribution < -0.4 is 4.90 Å². The topological polar surface area (TPSA) is 43.9 Å². The number of thiophene rings is 1. The Hall–Kier alpha value is -3.22. The fourth-order valence-corrected chi connectivity index (χ4v) is 5.39. The van der Waals surface area contributed by atoms with Crippen LogP contribution in [0.1, 0.15) is 21.6 Å². The Morgan fingerprint density at radius 2 is 1.58 bits per heavy atom. The minimum atomic E-state index is -0.224. The number of carbonyl (C=O) groups is 2. The normalized spacial score (nSPS) is 17.4. The predicted molar refractivity (Wildman–Crippen MR) is 133 cm³/mol. The van der Waals surface area contributed by atoms with Gasteiger partial charge in [-0.15, -0.1) is 11.3 Å². The first-order valence-electron chi connectivity index (χ1n) is 11.3. The number of piperazine rings is 1. The second-order valence-corrected chi connectivity index (χ2v) is 9.56. The lowest BCUT2D eigenvalue weighted by Gasteiger charge is -2.36. The summed E-state index contributed by atoms with van der Waals surface area (Å²) in [5.74, 6) is -0.438. The molecule has 1 fully saturated rings. The zero-order valence-corrected chi connectivity index (χ0v) is 19.8. The van der Waals surface area contributed by atoms with Gasteiger partial charge >= 0.3 is 0 Å². The molecule has 1 saturated heterocycles. The van der Waals surface area contributed by atoms with Crippen molar-refractivity contribution in [3.8, 4) is 0 Å². The third-order valence-corrected chi connectivity index (χ3v) is 7.47. The van der Waals surface area contributed by atoms with E-state index in [1.807, 2.05) is 55.6 Å². The average molecular weight is 458 g/mol. The summed E-state index contributed by atoms with van der Waals surface area (Å²) in [6, 6.07) is 20.1. The van der Waals surface area contributed by atoms with Crippen molar-refractivity contribution in [3.05, 3.63) is 93.3 Å². The lowest BCUT2D eigenvalue weighted by atomic mass is 10.1. The molecule has 6 heteroatoms. The SMILES string of the molecule is Cc1cccc(N2C(=O)C(c3cccs3)=C(N3CCN(Cc4ccccc4)CC3)C2=O)c1C. The van der Waals surface area contributed by atoms with Gasteiger partial charge in [0, 0.05) is 37.6 Å². The van der Waals surface area contributed by atoms with E-state index in [0.717, 1.165) is 48.7 Å². The number of hydrogen-bond donors (Lipinski definition) is 0. The van der Waals surface area contributed by atoms with Crippen LogP contribution in [-0.4, -0.2) is 47.8 Å². The van der Waals surface area contributed by atoms with E-state index in [0.29, 0.717) is 17.0 Å². The Kier molecular flexibility index (Phi) is 5.87. The number of benzene rings is 2. The van der Waals surface area contributed by atoms with Crippen LogP contribution in [0.3, 0.4) is 0 Å². The molecule has 0 saturated carbocycles. The highest BCUT2D eigenvalue weighted by Crippen LogP contribution is 2.38. The number of rotatable bonds is 5. The van der Waals surface area contributed by atoms with Crippen molar-refractivity contribution in [3.63, 3.8) is 0 Å². The van der Waals surface area contributed by atoms with Gasteiger partial charge in [-0.3, -0.25) is 14.5 Å². The summed E-state index contributed by atoms with van der Waals surface area (Å²) in [6.07, 6.45) is 0. The Bertz CT molecular complexity index is 1210. The third-order valence-electron chi connectivity index (χ3n) is 6.58. The third kappa shape index (κ3) is 4.01. The van der Waals surface area contributed by atoms with Crippen LogP contribution in [-0.2, 0) is 16.1 Å². The van der Waals surface area contributed by atoms with Crippen LogP contribution in [0, 0.1) is 13.8 Å². The van der Waals surface area contributed by atoms with E-state index in [9.17, 15) is 9.59 Å². The number of hydrogen-bond acceptors (Lipinski definition) is 5. The molecule has 2 aromatic carbocycles. The van der Waals surface area contributed by atoms with Gasteiger partial charge in [-0.25, -0.2) is 4.90 Å². The molecular weight excluding hydrogens is 430 g/mol. The molecule has 3 aromatic rings. The van der Waals surface area contributed by atoms with Gasteiger partial charge in [0.05, 0.1) is 11.3 Å². The summed E-state index contributed by atoms with van der Waals surface area (Å²) in [6.45, 7) is 8.00. The van der Waals surface area contributed by atoms with Crippen LogP contribution in [0.4, 0.5) is 5.69 Å². The van der Waals surface area contributed by atoms with E-state index < -0.39 is 0 Å². The Morgan fingerprint density at radius 3 is 2.27 bits per heavy atom. The van der Waals surface area contributed by atoms with Crippen LogP contribution in [0.25, 0.3) is 5.57 Å². The summed E-state index contributed by atoms with van der Waals surface area (Å²) in [5.41, 5.74) is 5.07. The summed E-state index contributed by atoms with van der Waals surface area (Å²) in [4.78, 5) is 34.2. The molecule has 0 radical (unpaired) electrons. The van der Waals surface area contributed by atoms with E-state index in [2.05, 4.69) is 34.1 Å². The number of imide groups is 1. The van der Waals surface area contributed by atoms with Crippen molar-refractivity contribution in [1.29, 1.82) is 0 Å². The molecule has 1 aromatic heterocycles. The van der Waals surface area contributed by atoms with Crippen molar-refractivity contribution < 1.29 is 9.59 Å². The average Bonchev–Trinajstić information content (AvgIpc) is 3.43. The smallest absolute Gasteiger partial charge is 0.282 e. The molecule has 33 heavy (non-hydrogen) atoms. The number of carbonyl (C=O) groups excluding carboxylic acids is 2. The second kappa shape index (κ2) is 8.96. The van der Waals surface area contributed by atoms with E-state index in [1.165, 1.54) is 21.8 Å². The van der Waals surface area contributed by atoms with Crippen LogP contribution in [0.5, 0.6) is 0 Å². The highest BCUT2D eigenvalue weighted by Gasteiger charge is 2.43. The molecule has 5 rings (SSSR count). The summed E-state index contributed by atoms with van der Waals surface area (Å²) < 4.78 is 0. The fraction of sp³-hybridized carbons (Fsp3) is 0.259. The van der Waals surface area contributed by atoms with Crippen molar-refractivity contribution in [2.75, 3.05) is 31.1 Å². The zero-order valence-electron chi connectivity index (χ0n) is 19.0. The number of amides is 2. The maximum absolute atomic E-state index is 13.8. The van der Waals surface area contributed by atoms with Gasteiger partial charge in [0.15, 0.2) is 0 Å². The van der Waals surface area contributed by atoms with E-state index in [-0.39, 0.29) is 11.8 Å². The molecule has 2 amide bonds. The lowest BCUT2D eigenvalue weighted by Crippen LogP contribution is -2.47. The van der Waals surface area contributed by atoms with Gasteiger partial charge in [0.1, 0.15) is 5.70 Å². The highest BCUT2D eigenvalue weighted by atomic mass is 32.1. The van der Waals surface area contributed by atoms with Crippen molar-refractivity contribution in [2.45, 2.75) is 20.4 Å². The second-order valence-electron chi connectivity index (χ2n) is 8.61. The predicted octanol–water partition coefficient (Wildman–Crippen LogP) is 4.47. The summed E-state index contributed by atoms with van der Waals surface area (Å²) >= 11 is 1.51. The Morgan fingerprint density at radius 1 is 0.818 bits per heavy atom. The van der Waals surface area contributed by atoms with Crippen LogP contribution in [0.2, 0.25) is 0 Å². The molecule has 5 nitrogen and oxygen atoms in total. The molecule has 0 atom stereocenters. The number of anilines is 1. The van der Waals surface area contributed by atoms with Gasteiger partial charge in [-0.05, 0) is 48.1 Å². The number of aryl methyl sites for hydroxylation is 1. The quantitative estimate of drug-likeness (QED) is 0.531. The molecule has 0 N–H and O–H groups in total. The standard InChI is InChI=1S/C27H27N3O2S/c1-19-8-6-11-22(20(19)2)30-26(31)24(23-12-7-17-33-23)25(27(30)32)29-15-13-28(14-16-29)18-21-9-4-3-5-10-21/h3-12,17H,13-16,18H2,1-2H3. The van der Waals surface area contributed by atoms with Gasteiger partial charge < -0.3 is 4.90 Å². The van der Waals surface area contributed by atoms with Gasteiger partial charge in [0.25, 0.3) is 11.8 Å². The first kappa shape index (κ1) is 21.6. The van der Waals surface area contributed by atoms with E-state index in [1.54, 1.807) is 0 Å². The fourth-order valence-electron chi connectivity index (χ4n) is 4.62. The first-order valence-corrected chi connectivity index (χ1v) is 12.2. The largest absolute Gasteiger partial charge is 0.364 e. The minimum Gasteiger partial charge on any atom is -0.364 e. The van der Waals surface area contributed by atoms with Gasteiger partial charge in [-0.1, -0.05) is 48.5 Å². The maximum atomic E-state index is 13.8. The molecule has 168 valence electrons. The molecule has 2 aliphatic heterocycles. The van der Waals surface area contributed by atoms with Gasteiger partial charge in [-0.2, -0.15) is 0 Å². The molecule has 0 unspecified atom stereocenters. The molecule has 0 spiro atoms. The van der Waals surface area contributed by atoms with E-state index >= 15 is 0 Å². The monoisotopic (exact) mass is 457 g/mol. The zero-order chi connectivity index (χ0) is 22.9. The minimum absolute atomic E-state index is 0.214. The first-order chi connectivity index (χ1) is 16.0. The number of nitrogens with zero attached hydrogens (tertiary/aromatic N) is 3. The van der Waals surface area contributed by atoms with Crippen LogP contribution in [0.15, 0.2) is 71.7 Å². The van der Waals surface area contributed by atoms with E-state index in [4.69, 9.17) is 0 Å². The lowest BCUT2D eigenvalue weighted by molar-refractivity contribution is -0.120. The van der Waals surface area contributed by atoms with Crippen LogP contribution >= 0.6 is 11.3 Å². The van der Waals surface area contributed by atoms with Gasteiger partial charge in [0.2, 0.25) is 0 Å².